The third kappa shape index (κ3) is 11.0. The normalized spacial score (nSPS) is 17.6. The number of halogens is 3. The molecule has 5 rings (SSSR count). The van der Waals surface area contributed by atoms with Gasteiger partial charge in [0, 0.05) is 25.7 Å². The van der Waals surface area contributed by atoms with E-state index in [1.165, 1.54) is 12.0 Å². The van der Waals surface area contributed by atoms with E-state index in [9.17, 15) is 27.9 Å². The molecule has 266 valence electrons. The number of carbonyl (C=O) groups excluding carboxylic acids is 1. The Balaban J connectivity index is 1.21. The number of ether oxygens (including phenoxy) is 1. The van der Waals surface area contributed by atoms with Crippen molar-refractivity contribution in [3.63, 3.8) is 0 Å². The number of carboxylic acids is 1. The van der Waals surface area contributed by atoms with Gasteiger partial charge in [0.05, 0.1) is 30.7 Å². The molecular weight excluding hydrogens is 633 g/mol. The lowest BCUT2D eigenvalue weighted by Gasteiger charge is -2.33. The quantitative estimate of drug-likeness (QED) is 0.132. The van der Waals surface area contributed by atoms with Gasteiger partial charge in [0.1, 0.15) is 12.3 Å². The predicted octanol–water partition coefficient (Wildman–Crippen LogP) is 8.15. The lowest BCUT2D eigenvalue weighted by Crippen LogP contribution is -2.44. The van der Waals surface area contributed by atoms with E-state index < -0.39 is 43.0 Å². The zero-order chi connectivity index (χ0) is 34.6. The summed E-state index contributed by atoms with van der Waals surface area (Å²) < 4.78 is 50.0. The van der Waals surface area contributed by atoms with Gasteiger partial charge in [-0.05, 0) is 60.9 Å². The first-order chi connectivity index (χ1) is 23.7. The molecule has 2 atom stereocenters. The largest absolute Gasteiger partial charge is 0.493 e. The number of hydrogen-bond donors (Lipinski definition) is 2. The Bertz CT molecular complexity index is 1490. The number of carboxylic acid groups (broad SMARTS) is 1. The fraction of sp³-hybridized carbons (Fsp3) is 0.553. The molecule has 0 saturated heterocycles. The predicted molar refractivity (Wildman–Crippen MR) is 183 cm³/mol. The standard InChI is InChI=1S/C38H49F3N4O4/c39-38(40,41)27-45-34(16-11-6-4-2-1-3-5-8-13-28-14-9-7-10-15-28)33-25-32(18-17-29(33)23-30(36(45)48)24-35(46)47)49-22-19-31-26-44-21-12-20-42-37(44)43-31/h7,9-10,14-15,17-18,25-26,30,34H,1-6,8,11-13,16,19-24,27H2,(H,42,43)(H,46,47). The van der Waals surface area contributed by atoms with Crippen molar-refractivity contribution in [1.82, 2.24) is 14.5 Å². The van der Waals surface area contributed by atoms with Gasteiger partial charge in [-0.2, -0.15) is 13.2 Å². The van der Waals surface area contributed by atoms with Crippen LogP contribution in [-0.4, -0.2) is 57.3 Å². The van der Waals surface area contributed by atoms with Crippen molar-refractivity contribution < 1.29 is 32.6 Å². The molecule has 3 aromatic rings. The summed E-state index contributed by atoms with van der Waals surface area (Å²) in [5, 5.41) is 12.8. The third-order valence-corrected chi connectivity index (χ3v) is 9.57. The monoisotopic (exact) mass is 682 g/mol. The second kappa shape index (κ2) is 17.6. The Kier molecular flexibility index (Phi) is 13.0. The molecule has 1 aromatic heterocycles. The first-order valence-corrected chi connectivity index (χ1v) is 17.8. The molecule has 0 saturated carbocycles. The Morgan fingerprint density at radius 1 is 0.980 bits per heavy atom. The summed E-state index contributed by atoms with van der Waals surface area (Å²) in [5.41, 5.74) is 3.56. The maximum atomic E-state index is 13.9. The molecule has 0 aliphatic carbocycles. The van der Waals surface area contributed by atoms with Crippen LogP contribution in [0.15, 0.2) is 54.7 Å². The second-order valence-corrected chi connectivity index (χ2v) is 13.4. The number of rotatable bonds is 18. The van der Waals surface area contributed by atoms with Crippen molar-refractivity contribution in [2.24, 2.45) is 5.92 Å². The lowest BCUT2D eigenvalue weighted by molar-refractivity contribution is -0.169. The molecule has 0 fully saturated rings. The molecule has 2 unspecified atom stereocenters. The number of unbranched alkanes of at least 4 members (excludes halogenated alkanes) is 7. The van der Waals surface area contributed by atoms with Crippen molar-refractivity contribution >= 4 is 17.8 Å². The average molecular weight is 683 g/mol. The van der Waals surface area contributed by atoms with E-state index in [-0.39, 0.29) is 6.42 Å². The Morgan fingerprint density at radius 3 is 2.43 bits per heavy atom. The SMILES string of the molecule is O=C(O)CC1Cc2ccc(OCCc3cn4c(n3)NCCC4)cc2C(CCCCCCCCCCc2ccccc2)N(CC(F)(F)F)C1=O. The van der Waals surface area contributed by atoms with Crippen LogP contribution in [0.25, 0.3) is 0 Å². The van der Waals surface area contributed by atoms with E-state index in [1.807, 2.05) is 12.3 Å². The second-order valence-electron chi connectivity index (χ2n) is 13.4. The number of anilines is 1. The number of aryl methyl sites for hydroxylation is 2. The van der Waals surface area contributed by atoms with Crippen molar-refractivity contribution in [3.8, 4) is 5.75 Å². The number of hydrogen-bond acceptors (Lipinski definition) is 5. The molecule has 1 amide bonds. The maximum absolute atomic E-state index is 13.9. The molecule has 2 aliphatic rings. The van der Waals surface area contributed by atoms with E-state index in [4.69, 9.17) is 4.74 Å². The van der Waals surface area contributed by atoms with Gasteiger partial charge in [0.25, 0.3) is 0 Å². The van der Waals surface area contributed by atoms with Gasteiger partial charge in [0.2, 0.25) is 11.9 Å². The number of fused-ring (bicyclic) bond motifs is 2. The number of carbonyl (C=O) groups is 2. The van der Waals surface area contributed by atoms with Crippen LogP contribution >= 0.6 is 0 Å². The molecule has 2 aliphatic heterocycles. The lowest BCUT2D eigenvalue weighted by atomic mass is 9.91. The molecule has 0 bridgehead atoms. The molecule has 0 radical (unpaired) electrons. The van der Waals surface area contributed by atoms with Gasteiger partial charge in [-0.25, -0.2) is 4.98 Å². The van der Waals surface area contributed by atoms with Crippen molar-refractivity contribution in [2.45, 2.75) is 109 Å². The van der Waals surface area contributed by atoms with Crippen LogP contribution in [0, 0.1) is 5.92 Å². The topological polar surface area (TPSA) is 96.7 Å². The summed E-state index contributed by atoms with van der Waals surface area (Å²) in [4.78, 5) is 30.8. The highest BCUT2D eigenvalue weighted by atomic mass is 19.4. The zero-order valence-corrected chi connectivity index (χ0v) is 28.2. The van der Waals surface area contributed by atoms with Gasteiger partial charge in [-0.3, -0.25) is 9.59 Å². The molecule has 11 heteroatoms. The Morgan fingerprint density at radius 2 is 1.71 bits per heavy atom. The summed E-state index contributed by atoms with van der Waals surface area (Å²) in [5.74, 6) is -1.68. The summed E-state index contributed by atoms with van der Waals surface area (Å²) in [6, 6.07) is 15.0. The smallest absolute Gasteiger partial charge is 0.406 e. The molecule has 8 nitrogen and oxygen atoms in total. The fourth-order valence-electron chi connectivity index (χ4n) is 7.13. The maximum Gasteiger partial charge on any atom is 0.406 e. The molecular formula is C38H49F3N4O4. The minimum atomic E-state index is -4.63. The van der Waals surface area contributed by atoms with E-state index in [0.29, 0.717) is 42.7 Å². The highest BCUT2D eigenvalue weighted by molar-refractivity contribution is 5.84. The van der Waals surface area contributed by atoms with Crippen LogP contribution in [0.3, 0.4) is 0 Å². The van der Waals surface area contributed by atoms with Gasteiger partial charge < -0.3 is 24.6 Å². The molecule has 2 aromatic carbocycles. The van der Waals surface area contributed by atoms with Crippen molar-refractivity contribution in [2.75, 3.05) is 25.0 Å². The first kappa shape index (κ1) is 36.3. The first-order valence-electron chi connectivity index (χ1n) is 17.8. The highest BCUT2D eigenvalue weighted by Crippen LogP contribution is 2.39. The minimum absolute atomic E-state index is 0.0725. The number of alkyl halides is 3. The Labute approximate surface area is 287 Å². The van der Waals surface area contributed by atoms with Crippen LogP contribution in [-0.2, 0) is 35.4 Å². The van der Waals surface area contributed by atoms with Crippen LogP contribution in [0.4, 0.5) is 19.1 Å². The van der Waals surface area contributed by atoms with Crippen molar-refractivity contribution in [3.05, 3.63) is 77.1 Å². The number of amides is 1. The molecule has 2 N–H and O–H groups in total. The zero-order valence-electron chi connectivity index (χ0n) is 28.2. The Hall–Kier alpha value is -4.02. The number of aliphatic carboxylic acids is 1. The summed E-state index contributed by atoms with van der Waals surface area (Å²) >= 11 is 0. The fourth-order valence-corrected chi connectivity index (χ4v) is 7.13. The molecule has 0 spiro atoms. The van der Waals surface area contributed by atoms with Gasteiger partial charge in [0.15, 0.2) is 0 Å². The summed E-state index contributed by atoms with van der Waals surface area (Å²) in [6.07, 6.45) is 8.13. The van der Waals surface area contributed by atoms with Crippen LogP contribution in [0.2, 0.25) is 0 Å². The van der Waals surface area contributed by atoms with Gasteiger partial charge >= 0.3 is 12.1 Å². The highest BCUT2D eigenvalue weighted by Gasteiger charge is 2.42. The number of imidazole rings is 1. The number of nitrogens with one attached hydrogen (secondary N) is 1. The number of benzene rings is 2. The summed E-state index contributed by atoms with van der Waals surface area (Å²) in [6.45, 7) is 0.714. The van der Waals surface area contributed by atoms with E-state index in [1.54, 1.807) is 18.2 Å². The minimum Gasteiger partial charge on any atom is -0.493 e. The van der Waals surface area contributed by atoms with Crippen molar-refractivity contribution in [1.29, 1.82) is 0 Å². The molecule has 49 heavy (non-hydrogen) atoms. The van der Waals surface area contributed by atoms with E-state index in [0.717, 1.165) is 81.0 Å². The van der Waals surface area contributed by atoms with Crippen LogP contribution in [0.1, 0.15) is 99.1 Å². The van der Waals surface area contributed by atoms with E-state index >= 15 is 0 Å². The summed E-state index contributed by atoms with van der Waals surface area (Å²) in [7, 11) is 0. The van der Waals surface area contributed by atoms with E-state index in [2.05, 4.69) is 39.1 Å². The van der Waals surface area contributed by atoms with Gasteiger partial charge in [-0.15, -0.1) is 0 Å². The van der Waals surface area contributed by atoms with Gasteiger partial charge in [-0.1, -0.05) is 81.3 Å². The molecule has 3 heterocycles. The van der Waals surface area contributed by atoms with Crippen LogP contribution < -0.4 is 10.1 Å². The third-order valence-electron chi connectivity index (χ3n) is 9.57. The number of aromatic nitrogens is 2. The average Bonchev–Trinajstić information content (AvgIpc) is 3.45. The number of nitrogens with zero attached hydrogens (tertiary/aromatic N) is 3. The van der Waals surface area contributed by atoms with Crippen LogP contribution in [0.5, 0.6) is 5.75 Å².